The molecule has 2 atom stereocenters. The van der Waals surface area contributed by atoms with Crippen LogP contribution in [-0.4, -0.2) is 59.5 Å². The van der Waals surface area contributed by atoms with Gasteiger partial charge in [-0.05, 0) is 64.4 Å². The molecule has 3 heterocycles. The number of likely N-dealkylation sites (N-methyl/N-ethyl adjacent to an activating group) is 1. The summed E-state index contributed by atoms with van der Waals surface area (Å²) in [5.41, 5.74) is 2.79. The Bertz CT molecular complexity index is 884. The molecule has 0 N–H and O–H groups in total. The number of likely N-dealkylation sites (tertiary alicyclic amines) is 2. The Kier molecular flexibility index (Phi) is 5.59. The van der Waals surface area contributed by atoms with Crippen LogP contribution in [0.25, 0.3) is 0 Å². The standard InChI is InChI=1S/C24H31N3O2/c1-24-12-7-15-27(22(24)10-6-14-26(24)2)23(28)19-11-13-25-20(17-19)16-18-8-4-5-9-21(18)29-3/h4-5,8-9,11,13,17,22H,6-7,10,12,14-16H2,1-3H3/t22-,24-/m0/s1. The van der Waals surface area contributed by atoms with Crippen LogP contribution >= 0.6 is 0 Å². The maximum atomic E-state index is 13.5. The van der Waals surface area contributed by atoms with Crippen molar-refractivity contribution < 1.29 is 9.53 Å². The number of benzene rings is 1. The lowest BCUT2D eigenvalue weighted by Gasteiger charge is -2.55. The minimum atomic E-state index is 0.0828. The van der Waals surface area contributed by atoms with Crippen LogP contribution < -0.4 is 4.74 Å². The highest BCUT2D eigenvalue weighted by molar-refractivity contribution is 5.94. The summed E-state index contributed by atoms with van der Waals surface area (Å²) in [5, 5.41) is 0. The molecule has 4 rings (SSSR count). The van der Waals surface area contributed by atoms with E-state index in [9.17, 15) is 4.79 Å². The third-order valence-electron chi connectivity index (χ3n) is 6.91. The number of methoxy groups -OCH3 is 1. The zero-order chi connectivity index (χ0) is 20.4. The van der Waals surface area contributed by atoms with Crippen molar-refractivity contribution in [2.75, 3.05) is 27.2 Å². The molecule has 2 saturated heterocycles. The second kappa shape index (κ2) is 8.15. The molecule has 1 amide bonds. The van der Waals surface area contributed by atoms with E-state index in [1.165, 1.54) is 0 Å². The first kappa shape index (κ1) is 19.9. The molecule has 1 aromatic carbocycles. The van der Waals surface area contributed by atoms with Crippen molar-refractivity contribution in [3.8, 4) is 5.75 Å². The van der Waals surface area contributed by atoms with E-state index in [4.69, 9.17) is 4.74 Å². The SMILES string of the molecule is COc1ccccc1Cc1cc(C(=O)N2CCC[C@@]3(C)[C@@H]2CCCN3C)ccn1. The van der Waals surface area contributed by atoms with Crippen LogP contribution in [0.15, 0.2) is 42.6 Å². The maximum Gasteiger partial charge on any atom is 0.254 e. The van der Waals surface area contributed by atoms with Gasteiger partial charge in [0.15, 0.2) is 0 Å². The Morgan fingerprint density at radius 1 is 1.24 bits per heavy atom. The molecule has 5 heteroatoms. The van der Waals surface area contributed by atoms with E-state index in [0.29, 0.717) is 6.42 Å². The quantitative estimate of drug-likeness (QED) is 0.793. The summed E-state index contributed by atoms with van der Waals surface area (Å²) in [6.07, 6.45) is 6.86. The van der Waals surface area contributed by atoms with E-state index in [0.717, 1.165) is 61.3 Å². The molecule has 0 aliphatic carbocycles. The summed E-state index contributed by atoms with van der Waals surface area (Å²) < 4.78 is 5.46. The highest BCUT2D eigenvalue weighted by atomic mass is 16.5. The van der Waals surface area contributed by atoms with E-state index in [1.807, 2.05) is 36.4 Å². The Hall–Kier alpha value is -2.40. The zero-order valence-corrected chi connectivity index (χ0v) is 17.7. The summed E-state index contributed by atoms with van der Waals surface area (Å²) in [5.74, 6) is 0.989. The van der Waals surface area contributed by atoms with E-state index >= 15 is 0 Å². The minimum Gasteiger partial charge on any atom is -0.496 e. The third-order valence-corrected chi connectivity index (χ3v) is 6.91. The number of hydrogen-bond acceptors (Lipinski definition) is 4. The number of fused-ring (bicyclic) bond motifs is 1. The van der Waals surface area contributed by atoms with Gasteiger partial charge in [0.25, 0.3) is 5.91 Å². The number of amides is 1. The van der Waals surface area contributed by atoms with Gasteiger partial charge in [0, 0.05) is 41.5 Å². The van der Waals surface area contributed by atoms with Gasteiger partial charge in [-0.2, -0.15) is 0 Å². The van der Waals surface area contributed by atoms with Crippen molar-refractivity contribution in [2.45, 2.75) is 50.6 Å². The van der Waals surface area contributed by atoms with Crippen LogP contribution in [0.3, 0.4) is 0 Å². The molecule has 2 aromatic rings. The van der Waals surface area contributed by atoms with Gasteiger partial charge in [-0.3, -0.25) is 14.7 Å². The molecular weight excluding hydrogens is 362 g/mol. The van der Waals surface area contributed by atoms with E-state index in [1.54, 1.807) is 13.3 Å². The fourth-order valence-electron chi connectivity index (χ4n) is 5.12. The summed E-state index contributed by atoms with van der Waals surface area (Å²) >= 11 is 0. The predicted octanol–water partition coefficient (Wildman–Crippen LogP) is 3.77. The second-order valence-electron chi connectivity index (χ2n) is 8.56. The molecule has 2 fully saturated rings. The first-order valence-corrected chi connectivity index (χ1v) is 10.6. The second-order valence-corrected chi connectivity index (χ2v) is 8.56. The number of pyridine rings is 1. The van der Waals surface area contributed by atoms with Gasteiger partial charge in [-0.15, -0.1) is 0 Å². The van der Waals surface area contributed by atoms with Crippen LogP contribution in [0.2, 0.25) is 0 Å². The van der Waals surface area contributed by atoms with E-state index in [2.05, 4.69) is 28.8 Å². The van der Waals surface area contributed by atoms with Crippen molar-refractivity contribution >= 4 is 5.91 Å². The van der Waals surface area contributed by atoms with Gasteiger partial charge in [-0.1, -0.05) is 18.2 Å². The first-order valence-electron chi connectivity index (χ1n) is 10.6. The van der Waals surface area contributed by atoms with Crippen molar-refractivity contribution in [3.05, 3.63) is 59.4 Å². The van der Waals surface area contributed by atoms with Crippen molar-refractivity contribution in [2.24, 2.45) is 0 Å². The molecule has 5 nitrogen and oxygen atoms in total. The predicted molar refractivity (Wildman–Crippen MR) is 114 cm³/mol. The summed E-state index contributed by atoms with van der Waals surface area (Å²) in [7, 11) is 3.89. The van der Waals surface area contributed by atoms with Gasteiger partial charge >= 0.3 is 0 Å². The lowest BCUT2D eigenvalue weighted by Crippen LogP contribution is -2.66. The average molecular weight is 394 g/mol. The van der Waals surface area contributed by atoms with Crippen LogP contribution in [-0.2, 0) is 6.42 Å². The number of rotatable bonds is 4. The van der Waals surface area contributed by atoms with Crippen LogP contribution in [0.1, 0.15) is 54.2 Å². The fourth-order valence-corrected chi connectivity index (χ4v) is 5.12. The van der Waals surface area contributed by atoms with Gasteiger partial charge in [0.2, 0.25) is 0 Å². The number of nitrogens with zero attached hydrogens (tertiary/aromatic N) is 3. The topological polar surface area (TPSA) is 45.7 Å². The molecule has 2 aliphatic rings. The number of carbonyl (C=O) groups is 1. The molecular formula is C24H31N3O2. The Morgan fingerprint density at radius 3 is 2.90 bits per heavy atom. The maximum absolute atomic E-state index is 13.5. The van der Waals surface area contributed by atoms with Crippen LogP contribution in [0.5, 0.6) is 5.75 Å². The number of carbonyl (C=O) groups excluding carboxylic acids is 1. The molecule has 2 aliphatic heterocycles. The van der Waals surface area contributed by atoms with Gasteiger partial charge in [0.1, 0.15) is 5.75 Å². The van der Waals surface area contributed by atoms with E-state index in [-0.39, 0.29) is 17.5 Å². The molecule has 0 unspecified atom stereocenters. The van der Waals surface area contributed by atoms with Crippen molar-refractivity contribution in [3.63, 3.8) is 0 Å². The van der Waals surface area contributed by atoms with Gasteiger partial charge in [0.05, 0.1) is 13.2 Å². The Labute approximate surface area is 173 Å². The van der Waals surface area contributed by atoms with Gasteiger partial charge < -0.3 is 9.64 Å². The number of para-hydroxylation sites is 1. The molecule has 0 bridgehead atoms. The van der Waals surface area contributed by atoms with Crippen molar-refractivity contribution in [1.29, 1.82) is 0 Å². The monoisotopic (exact) mass is 393 g/mol. The highest BCUT2D eigenvalue weighted by Crippen LogP contribution is 2.38. The third kappa shape index (κ3) is 3.76. The number of ether oxygens (including phenoxy) is 1. The number of hydrogen-bond donors (Lipinski definition) is 0. The lowest BCUT2D eigenvalue weighted by molar-refractivity contribution is -0.0347. The number of aromatic nitrogens is 1. The summed E-state index contributed by atoms with van der Waals surface area (Å²) in [6, 6.07) is 12.1. The first-order chi connectivity index (χ1) is 14.0. The van der Waals surface area contributed by atoms with Crippen molar-refractivity contribution in [1.82, 2.24) is 14.8 Å². The van der Waals surface area contributed by atoms with Gasteiger partial charge in [-0.25, -0.2) is 0 Å². The normalized spacial score (nSPS) is 24.8. The largest absolute Gasteiger partial charge is 0.496 e. The average Bonchev–Trinajstić information content (AvgIpc) is 2.74. The lowest BCUT2D eigenvalue weighted by atomic mass is 9.76. The molecule has 0 spiro atoms. The molecule has 29 heavy (non-hydrogen) atoms. The highest BCUT2D eigenvalue weighted by Gasteiger charge is 2.47. The molecule has 0 saturated carbocycles. The Balaban J connectivity index is 1.57. The minimum absolute atomic E-state index is 0.0828. The fraction of sp³-hybridized carbons (Fsp3) is 0.500. The summed E-state index contributed by atoms with van der Waals surface area (Å²) in [4.78, 5) is 22.6. The smallest absolute Gasteiger partial charge is 0.254 e. The zero-order valence-electron chi connectivity index (χ0n) is 17.7. The molecule has 154 valence electrons. The Morgan fingerprint density at radius 2 is 2.07 bits per heavy atom. The summed E-state index contributed by atoms with van der Waals surface area (Å²) in [6.45, 7) is 4.29. The number of piperidine rings is 2. The molecule has 0 radical (unpaired) electrons. The molecule has 1 aromatic heterocycles. The van der Waals surface area contributed by atoms with Crippen LogP contribution in [0.4, 0.5) is 0 Å². The van der Waals surface area contributed by atoms with Crippen LogP contribution in [0, 0.1) is 0 Å². The van der Waals surface area contributed by atoms with E-state index < -0.39 is 0 Å².